The van der Waals surface area contributed by atoms with Gasteiger partial charge in [0.15, 0.2) is 0 Å². The maximum absolute atomic E-state index is 11.6. The fourth-order valence-electron chi connectivity index (χ4n) is 1.62. The Morgan fingerprint density at radius 3 is 2.47 bits per heavy atom. The zero-order valence-electron chi connectivity index (χ0n) is 9.96. The zero-order chi connectivity index (χ0) is 12.7. The maximum Gasteiger partial charge on any atom is 0.211 e. The SMILES string of the molecule is CCCS(=O)(=O)N[C@H](CO)Cc1ccccc1. The molecule has 0 aliphatic heterocycles. The number of hydrogen-bond acceptors (Lipinski definition) is 3. The molecule has 0 amide bonds. The van der Waals surface area contributed by atoms with E-state index in [-0.39, 0.29) is 12.4 Å². The summed E-state index contributed by atoms with van der Waals surface area (Å²) in [5.41, 5.74) is 1.01. The molecule has 0 radical (unpaired) electrons. The second-order valence-electron chi connectivity index (χ2n) is 4.01. The minimum atomic E-state index is -3.27. The van der Waals surface area contributed by atoms with Crippen molar-refractivity contribution in [1.82, 2.24) is 4.72 Å². The lowest BCUT2D eigenvalue weighted by Crippen LogP contribution is -2.40. The van der Waals surface area contributed by atoms with E-state index in [0.717, 1.165) is 5.56 Å². The zero-order valence-corrected chi connectivity index (χ0v) is 10.8. The molecule has 0 heterocycles. The number of benzene rings is 1. The Morgan fingerprint density at radius 2 is 1.94 bits per heavy atom. The van der Waals surface area contributed by atoms with Crippen LogP contribution in [-0.4, -0.2) is 31.9 Å². The topological polar surface area (TPSA) is 66.4 Å². The fraction of sp³-hybridized carbons (Fsp3) is 0.500. The third kappa shape index (κ3) is 5.30. The first-order valence-corrected chi connectivity index (χ1v) is 7.37. The number of aliphatic hydroxyl groups excluding tert-OH is 1. The Morgan fingerprint density at radius 1 is 1.29 bits per heavy atom. The molecule has 0 saturated carbocycles. The van der Waals surface area contributed by atoms with Crippen molar-refractivity contribution < 1.29 is 13.5 Å². The van der Waals surface area contributed by atoms with Crippen LogP contribution in [0.3, 0.4) is 0 Å². The Bertz CT molecular complexity index is 417. The summed E-state index contributed by atoms with van der Waals surface area (Å²) < 4.78 is 25.7. The predicted molar refractivity (Wildman–Crippen MR) is 68.2 cm³/mol. The van der Waals surface area contributed by atoms with Crippen LogP contribution in [0.15, 0.2) is 30.3 Å². The summed E-state index contributed by atoms with van der Waals surface area (Å²) in [5.74, 6) is 0.0955. The Balaban J connectivity index is 2.61. The molecule has 0 aliphatic rings. The van der Waals surface area contributed by atoms with Gasteiger partial charge < -0.3 is 5.11 Å². The van der Waals surface area contributed by atoms with E-state index in [1.54, 1.807) is 0 Å². The smallest absolute Gasteiger partial charge is 0.211 e. The van der Waals surface area contributed by atoms with Crippen molar-refractivity contribution in [3.63, 3.8) is 0 Å². The number of sulfonamides is 1. The standard InChI is InChI=1S/C12H19NO3S/c1-2-8-17(15,16)13-12(10-14)9-11-6-4-3-5-7-11/h3-7,12-14H,2,8-10H2,1H3/t12-/m0/s1. The molecule has 4 nitrogen and oxygen atoms in total. The normalized spacial score (nSPS) is 13.5. The van der Waals surface area contributed by atoms with Crippen LogP contribution in [0.4, 0.5) is 0 Å². The summed E-state index contributed by atoms with van der Waals surface area (Å²) in [6, 6.07) is 9.06. The average Bonchev–Trinajstić information content (AvgIpc) is 2.29. The van der Waals surface area contributed by atoms with Crippen LogP contribution in [0.5, 0.6) is 0 Å². The van der Waals surface area contributed by atoms with Crippen LogP contribution in [0, 0.1) is 0 Å². The fourth-order valence-corrected chi connectivity index (χ4v) is 2.94. The molecule has 1 aromatic rings. The summed E-state index contributed by atoms with van der Waals surface area (Å²) in [4.78, 5) is 0. The molecule has 0 aromatic heterocycles. The molecule has 0 bridgehead atoms. The first kappa shape index (κ1) is 14.2. The number of hydrogen-bond donors (Lipinski definition) is 2. The predicted octanol–water partition coefficient (Wildman–Crippen LogP) is 0.919. The van der Waals surface area contributed by atoms with Gasteiger partial charge in [-0.15, -0.1) is 0 Å². The summed E-state index contributed by atoms with van der Waals surface area (Å²) in [6.07, 6.45) is 1.07. The minimum Gasteiger partial charge on any atom is -0.395 e. The van der Waals surface area contributed by atoms with E-state index in [1.807, 2.05) is 37.3 Å². The monoisotopic (exact) mass is 257 g/mol. The van der Waals surface area contributed by atoms with Gasteiger partial charge >= 0.3 is 0 Å². The molecule has 1 rings (SSSR count). The van der Waals surface area contributed by atoms with Gasteiger partial charge in [0.05, 0.1) is 12.4 Å². The molecule has 2 N–H and O–H groups in total. The van der Waals surface area contributed by atoms with Gasteiger partial charge in [-0.3, -0.25) is 0 Å². The van der Waals surface area contributed by atoms with E-state index in [9.17, 15) is 13.5 Å². The molecule has 0 unspecified atom stereocenters. The van der Waals surface area contributed by atoms with Crippen molar-refractivity contribution >= 4 is 10.0 Å². The van der Waals surface area contributed by atoms with Crippen molar-refractivity contribution in [3.05, 3.63) is 35.9 Å². The second-order valence-corrected chi connectivity index (χ2v) is 5.88. The Kier molecular flexibility index (Phi) is 5.61. The van der Waals surface area contributed by atoms with Crippen molar-refractivity contribution in [2.24, 2.45) is 0 Å². The lowest BCUT2D eigenvalue weighted by atomic mass is 10.1. The molecule has 1 atom stereocenters. The van der Waals surface area contributed by atoms with E-state index >= 15 is 0 Å². The largest absolute Gasteiger partial charge is 0.395 e. The van der Waals surface area contributed by atoms with Gasteiger partial charge in [0, 0.05) is 6.04 Å². The Hall–Kier alpha value is -0.910. The van der Waals surface area contributed by atoms with Crippen LogP contribution < -0.4 is 4.72 Å². The summed E-state index contributed by atoms with van der Waals surface area (Å²) in [6.45, 7) is 1.61. The van der Waals surface area contributed by atoms with Crippen LogP contribution in [0.1, 0.15) is 18.9 Å². The van der Waals surface area contributed by atoms with Gasteiger partial charge in [0.25, 0.3) is 0 Å². The molecular weight excluding hydrogens is 238 g/mol. The highest BCUT2D eigenvalue weighted by Crippen LogP contribution is 2.04. The van der Waals surface area contributed by atoms with Gasteiger partial charge in [-0.1, -0.05) is 37.3 Å². The van der Waals surface area contributed by atoms with Gasteiger partial charge in [-0.05, 0) is 18.4 Å². The van der Waals surface area contributed by atoms with Crippen LogP contribution in [-0.2, 0) is 16.4 Å². The summed E-state index contributed by atoms with van der Waals surface area (Å²) in [7, 11) is -3.27. The third-order valence-corrected chi connectivity index (χ3v) is 4.00. The summed E-state index contributed by atoms with van der Waals surface area (Å²) >= 11 is 0. The van der Waals surface area contributed by atoms with Gasteiger partial charge in [-0.2, -0.15) is 0 Å². The lowest BCUT2D eigenvalue weighted by molar-refractivity contribution is 0.256. The van der Waals surface area contributed by atoms with Crippen LogP contribution in [0.2, 0.25) is 0 Å². The highest BCUT2D eigenvalue weighted by molar-refractivity contribution is 7.89. The maximum atomic E-state index is 11.6. The molecule has 0 aliphatic carbocycles. The molecule has 5 heteroatoms. The average molecular weight is 257 g/mol. The van der Waals surface area contributed by atoms with E-state index < -0.39 is 16.1 Å². The molecule has 0 saturated heterocycles. The van der Waals surface area contributed by atoms with E-state index in [2.05, 4.69) is 4.72 Å². The van der Waals surface area contributed by atoms with E-state index in [1.165, 1.54) is 0 Å². The number of rotatable bonds is 7. The van der Waals surface area contributed by atoms with E-state index in [0.29, 0.717) is 12.8 Å². The second kappa shape index (κ2) is 6.74. The highest BCUT2D eigenvalue weighted by Gasteiger charge is 2.16. The Labute approximate surface area is 103 Å². The van der Waals surface area contributed by atoms with Gasteiger partial charge in [-0.25, -0.2) is 13.1 Å². The van der Waals surface area contributed by atoms with E-state index in [4.69, 9.17) is 0 Å². The lowest BCUT2D eigenvalue weighted by Gasteiger charge is -2.16. The molecular formula is C12H19NO3S. The quantitative estimate of drug-likeness (QED) is 0.763. The number of nitrogens with one attached hydrogen (secondary N) is 1. The first-order chi connectivity index (χ1) is 8.07. The molecule has 96 valence electrons. The summed E-state index contributed by atoms with van der Waals surface area (Å²) in [5, 5.41) is 9.19. The van der Waals surface area contributed by atoms with Gasteiger partial charge in [0.2, 0.25) is 10.0 Å². The minimum absolute atomic E-state index is 0.0955. The molecule has 17 heavy (non-hydrogen) atoms. The van der Waals surface area contributed by atoms with Crippen molar-refractivity contribution in [2.45, 2.75) is 25.8 Å². The first-order valence-electron chi connectivity index (χ1n) is 5.72. The van der Waals surface area contributed by atoms with Crippen LogP contribution in [0.25, 0.3) is 0 Å². The molecule has 0 spiro atoms. The van der Waals surface area contributed by atoms with Crippen molar-refractivity contribution in [1.29, 1.82) is 0 Å². The van der Waals surface area contributed by atoms with Crippen molar-refractivity contribution in [2.75, 3.05) is 12.4 Å². The van der Waals surface area contributed by atoms with Gasteiger partial charge in [0.1, 0.15) is 0 Å². The molecule has 1 aromatic carbocycles. The number of aliphatic hydroxyl groups is 1. The van der Waals surface area contributed by atoms with Crippen LogP contribution >= 0.6 is 0 Å². The molecule has 0 fully saturated rings. The highest BCUT2D eigenvalue weighted by atomic mass is 32.2. The van der Waals surface area contributed by atoms with Crippen molar-refractivity contribution in [3.8, 4) is 0 Å². The third-order valence-electron chi connectivity index (χ3n) is 2.36.